The van der Waals surface area contributed by atoms with Gasteiger partial charge < -0.3 is 40.9 Å². The van der Waals surface area contributed by atoms with E-state index in [1.54, 1.807) is 60.7 Å². The van der Waals surface area contributed by atoms with Crippen molar-refractivity contribution < 1.29 is 67.1 Å². The second kappa shape index (κ2) is 20.0. The van der Waals surface area contributed by atoms with Crippen LogP contribution in [0.4, 0.5) is 0 Å². The maximum atomic E-state index is 8.67. The number of phenolic OH excluding ortho intramolecular Hbond substituents is 7. The maximum absolute atomic E-state index is 8.67. The molecule has 4 rings (SSSR count). The minimum Gasteiger partial charge on any atom is -0.508 e. The largest absolute Gasteiger partial charge is 0.508 e. The van der Waals surface area contributed by atoms with Gasteiger partial charge in [-0.3, -0.25) is 0 Å². The van der Waals surface area contributed by atoms with E-state index in [0.717, 1.165) is 7.11 Å². The number of hydrogen-bond acceptors (Lipinski definition) is 8. The van der Waals surface area contributed by atoms with Crippen molar-refractivity contribution in [2.75, 3.05) is 7.11 Å². The van der Waals surface area contributed by atoms with Crippen LogP contribution in [0.2, 0.25) is 0 Å². The molecule has 0 saturated heterocycles. The number of hydrogen-bond donors (Lipinski definition) is 8. The average molecular weight is 548 g/mol. The van der Waals surface area contributed by atoms with E-state index >= 15 is 0 Å². The molecular weight excluding hydrogens is 519 g/mol. The topological polar surface area (TPSA) is 162 Å². The van der Waals surface area contributed by atoms with E-state index in [1.807, 2.05) is 6.07 Å². The van der Waals surface area contributed by atoms with Gasteiger partial charge in [-0.1, -0.05) is 54.6 Å². The molecule has 0 aliphatic heterocycles. The Hall–Kier alpha value is -3.68. The summed E-state index contributed by atoms with van der Waals surface area (Å²) in [5.74, 6) is -0.137. The number of phenols is 7. The van der Waals surface area contributed by atoms with Gasteiger partial charge in [0.25, 0.3) is 0 Å². The monoisotopic (exact) mass is 546 g/mol. The molecule has 180 valence electrons. The molecule has 8 N–H and O–H groups in total. The molecule has 34 heavy (non-hydrogen) atoms. The van der Waals surface area contributed by atoms with E-state index in [0.29, 0.717) is 5.75 Å². The van der Waals surface area contributed by atoms with Gasteiger partial charge in [0, 0.05) is 33.3 Å². The molecule has 0 spiro atoms. The first-order valence-corrected chi connectivity index (χ1v) is 9.41. The van der Waals surface area contributed by atoms with E-state index in [1.165, 1.54) is 36.4 Å². The van der Waals surface area contributed by atoms with Crippen molar-refractivity contribution in [2.45, 2.75) is 0 Å². The van der Waals surface area contributed by atoms with Crippen molar-refractivity contribution in [3.8, 4) is 40.2 Å². The fourth-order valence-corrected chi connectivity index (χ4v) is 1.82. The van der Waals surface area contributed by atoms with Crippen molar-refractivity contribution in [3.63, 3.8) is 0 Å². The van der Waals surface area contributed by atoms with Crippen LogP contribution in [0.25, 0.3) is 0 Å². The van der Waals surface area contributed by atoms with Crippen LogP contribution in [0.1, 0.15) is 0 Å². The van der Waals surface area contributed by atoms with Gasteiger partial charge in [0.05, 0.1) is 0 Å². The Kier molecular flexibility index (Phi) is 19.1. The Morgan fingerprint density at radius 3 is 0.618 bits per heavy atom. The molecule has 0 aliphatic carbocycles. The Bertz CT molecular complexity index is 863. The van der Waals surface area contributed by atoms with Crippen LogP contribution in [0.15, 0.2) is 103 Å². The summed E-state index contributed by atoms with van der Waals surface area (Å²) in [6, 6.07) is 27.2. The van der Waals surface area contributed by atoms with Gasteiger partial charge in [-0.15, -0.1) is 0 Å². The zero-order valence-electron chi connectivity index (χ0n) is 18.4. The normalized spacial score (nSPS) is 8.29. The van der Waals surface area contributed by atoms with Crippen molar-refractivity contribution in [1.29, 1.82) is 0 Å². The Morgan fingerprint density at radius 1 is 0.324 bits per heavy atom. The second-order valence-corrected chi connectivity index (χ2v) is 5.80. The molecule has 0 heterocycles. The summed E-state index contributed by atoms with van der Waals surface area (Å²) in [7, 11) is 1.00. The van der Waals surface area contributed by atoms with Crippen LogP contribution in [0.3, 0.4) is 0 Å². The Labute approximate surface area is 217 Å². The predicted octanol–water partition coefficient (Wildman–Crippen LogP) is 4.29. The molecule has 0 atom stereocenters. The van der Waals surface area contributed by atoms with Crippen molar-refractivity contribution >= 4 is 0 Å². The fraction of sp³-hybridized carbons (Fsp3) is 0.0400. The SMILES string of the molecule is CO.Oc1ccccc1.Oc1ccccc1O.Oc1ccccc1O.Oc1ccccc1O.[Zr]. The van der Waals surface area contributed by atoms with Crippen LogP contribution in [-0.2, 0) is 26.2 Å². The summed E-state index contributed by atoms with van der Waals surface area (Å²) < 4.78 is 0. The first kappa shape index (κ1) is 32.5. The summed E-state index contributed by atoms with van der Waals surface area (Å²) in [5.41, 5.74) is 0. The molecule has 4 aromatic carbocycles. The molecule has 0 unspecified atom stereocenters. The minimum atomic E-state index is -0.0764. The molecule has 0 bridgehead atoms. The fourth-order valence-electron chi connectivity index (χ4n) is 1.82. The number of para-hydroxylation sites is 7. The van der Waals surface area contributed by atoms with Crippen LogP contribution in [0.5, 0.6) is 40.2 Å². The molecule has 0 aromatic heterocycles. The number of aliphatic hydroxyl groups is 1. The third-order valence-corrected chi connectivity index (χ3v) is 3.40. The van der Waals surface area contributed by atoms with Gasteiger partial charge in [-0.05, 0) is 48.5 Å². The molecule has 0 amide bonds. The third kappa shape index (κ3) is 15.2. The second-order valence-electron chi connectivity index (χ2n) is 5.80. The number of benzene rings is 4. The van der Waals surface area contributed by atoms with Crippen molar-refractivity contribution in [3.05, 3.63) is 103 Å². The third-order valence-electron chi connectivity index (χ3n) is 3.40. The standard InChI is InChI=1S/3C6H6O2.C6H6O.CH4O.Zr/c3*7-5-3-1-2-4-6(5)8;7-6-4-2-1-3-5-6;1-2;/h3*1-4,7-8H;1-5,7H;2H,1H3;. The molecule has 9 heteroatoms. The van der Waals surface area contributed by atoms with Gasteiger partial charge in [-0.2, -0.15) is 0 Å². The molecule has 0 fully saturated rings. The van der Waals surface area contributed by atoms with Crippen molar-refractivity contribution in [2.24, 2.45) is 0 Å². The van der Waals surface area contributed by atoms with E-state index < -0.39 is 0 Å². The molecule has 0 aliphatic rings. The van der Waals surface area contributed by atoms with Crippen molar-refractivity contribution in [1.82, 2.24) is 0 Å². The van der Waals surface area contributed by atoms with Gasteiger partial charge in [0.2, 0.25) is 0 Å². The molecule has 8 nitrogen and oxygen atoms in total. The van der Waals surface area contributed by atoms with Gasteiger partial charge in [0.1, 0.15) is 5.75 Å². The van der Waals surface area contributed by atoms with Gasteiger partial charge in [-0.25, -0.2) is 0 Å². The van der Waals surface area contributed by atoms with Crippen LogP contribution < -0.4 is 0 Å². The summed E-state index contributed by atoms with van der Waals surface area (Å²) in [6.07, 6.45) is 0. The predicted molar refractivity (Wildman–Crippen MR) is 126 cm³/mol. The first-order valence-electron chi connectivity index (χ1n) is 9.41. The maximum Gasteiger partial charge on any atom is 0.157 e. The Balaban J connectivity index is 0. The molecule has 4 aromatic rings. The van der Waals surface area contributed by atoms with Crippen LogP contribution >= 0.6 is 0 Å². The smallest absolute Gasteiger partial charge is 0.157 e. The van der Waals surface area contributed by atoms with Gasteiger partial charge >= 0.3 is 0 Å². The summed E-state index contributed by atoms with van der Waals surface area (Å²) in [4.78, 5) is 0. The van der Waals surface area contributed by atoms with E-state index in [-0.39, 0.29) is 60.7 Å². The van der Waals surface area contributed by atoms with E-state index in [9.17, 15) is 0 Å². The zero-order valence-corrected chi connectivity index (χ0v) is 20.9. The number of aromatic hydroxyl groups is 7. The Morgan fingerprint density at radius 2 is 0.500 bits per heavy atom. The van der Waals surface area contributed by atoms with Gasteiger partial charge in [0.15, 0.2) is 34.5 Å². The summed E-state index contributed by atoms with van der Waals surface area (Å²) >= 11 is 0. The zero-order chi connectivity index (χ0) is 25.1. The molecule has 0 radical (unpaired) electrons. The average Bonchev–Trinajstić information content (AvgIpc) is 2.83. The van der Waals surface area contributed by atoms with Crippen LogP contribution in [-0.4, -0.2) is 48.0 Å². The molecular formula is C25H28O8Zr. The summed E-state index contributed by atoms with van der Waals surface area (Å²) in [5, 5.41) is 67.6. The van der Waals surface area contributed by atoms with E-state index in [4.69, 9.17) is 40.9 Å². The molecule has 0 saturated carbocycles. The van der Waals surface area contributed by atoms with E-state index in [2.05, 4.69) is 0 Å². The van der Waals surface area contributed by atoms with Crippen LogP contribution in [0, 0.1) is 0 Å². The number of rotatable bonds is 0. The number of aliphatic hydroxyl groups excluding tert-OH is 1. The quantitative estimate of drug-likeness (QED) is 0.151. The minimum absolute atomic E-state index is 0. The first-order chi connectivity index (χ1) is 15.8. The summed E-state index contributed by atoms with van der Waals surface area (Å²) in [6.45, 7) is 0.